The lowest BCUT2D eigenvalue weighted by atomic mass is 9.86. The molecule has 0 amide bonds. The summed E-state index contributed by atoms with van der Waals surface area (Å²) in [6, 6.07) is 2.48. The molecule has 1 fully saturated rings. The number of unbranched alkanes of at least 4 members (excludes halogenated alkanes) is 1. The lowest BCUT2D eigenvalue weighted by Crippen LogP contribution is -2.30. The summed E-state index contributed by atoms with van der Waals surface area (Å²) in [7, 11) is 0. The predicted molar refractivity (Wildman–Crippen MR) is 86.9 cm³/mol. The van der Waals surface area contributed by atoms with E-state index in [4.69, 9.17) is 4.74 Å². The summed E-state index contributed by atoms with van der Waals surface area (Å²) in [5.74, 6) is 3.20. The monoisotopic (exact) mass is 291 g/mol. The summed E-state index contributed by atoms with van der Waals surface area (Å²) in [5, 5.41) is 3.61. The van der Waals surface area contributed by atoms with Crippen molar-refractivity contribution in [3.8, 4) is 5.88 Å². The molecule has 0 radical (unpaired) electrons. The summed E-state index contributed by atoms with van der Waals surface area (Å²) in [5.41, 5.74) is 0. The highest BCUT2D eigenvalue weighted by Gasteiger charge is 2.21. The zero-order valence-corrected chi connectivity index (χ0v) is 13.7. The van der Waals surface area contributed by atoms with Gasteiger partial charge in [0.15, 0.2) is 0 Å². The minimum absolute atomic E-state index is 0.529. The quantitative estimate of drug-likeness (QED) is 0.764. The van der Waals surface area contributed by atoms with Crippen molar-refractivity contribution in [1.29, 1.82) is 0 Å². The zero-order valence-electron chi connectivity index (χ0n) is 13.7. The van der Waals surface area contributed by atoms with E-state index >= 15 is 0 Å². The van der Waals surface area contributed by atoms with Crippen molar-refractivity contribution in [3.05, 3.63) is 11.9 Å². The second-order valence-corrected chi connectivity index (χ2v) is 6.08. The van der Waals surface area contributed by atoms with Gasteiger partial charge in [0.1, 0.15) is 11.6 Å². The molecule has 2 unspecified atom stereocenters. The first kappa shape index (κ1) is 16.1. The normalized spacial score (nSPS) is 22.0. The van der Waals surface area contributed by atoms with Gasteiger partial charge in [-0.2, -0.15) is 4.98 Å². The van der Waals surface area contributed by atoms with Gasteiger partial charge in [-0.1, -0.05) is 40.0 Å². The maximum Gasteiger partial charge on any atom is 0.218 e. The molecule has 1 saturated carbocycles. The summed E-state index contributed by atoms with van der Waals surface area (Å²) in [4.78, 5) is 9.07. The fraction of sp³-hybridized carbons (Fsp3) is 0.765. The largest absolute Gasteiger partial charge is 0.478 e. The molecule has 1 N–H and O–H groups in total. The molecule has 0 saturated heterocycles. The van der Waals surface area contributed by atoms with Crippen molar-refractivity contribution in [3.63, 3.8) is 0 Å². The molecule has 1 aliphatic carbocycles. The van der Waals surface area contributed by atoms with E-state index in [2.05, 4.69) is 36.1 Å². The highest BCUT2D eigenvalue weighted by Crippen LogP contribution is 2.27. The molecule has 1 aromatic rings. The summed E-state index contributed by atoms with van der Waals surface area (Å²) < 4.78 is 5.75. The minimum atomic E-state index is 0.529. The highest BCUT2D eigenvalue weighted by molar-refractivity contribution is 5.39. The zero-order chi connectivity index (χ0) is 15.1. The third-order valence-corrected chi connectivity index (χ3v) is 4.26. The van der Waals surface area contributed by atoms with Crippen molar-refractivity contribution < 1.29 is 4.74 Å². The Morgan fingerprint density at radius 1 is 1.24 bits per heavy atom. The maximum atomic E-state index is 5.75. The van der Waals surface area contributed by atoms with Gasteiger partial charge < -0.3 is 10.1 Å². The third kappa shape index (κ3) is 4.87. The van der Waals surface area contributed by atoms with Crippen LogP contribution < -0.4 is 10.1 Å². The number of nitrogens with one attached hydrogen (secondary N) is 1. The van der Waals surface area contributed by atoms with Crippen molar-refractivity contribution in [2.24, 2.45) is 5.92 Å². The lowest BCUT2D eigenvalue weighted by Gasteiger charge is -2.30. The Labute approximate surface area is 128 Å². The average Bonchev–Trinajstić information content (AvgIpc) is 2.50. The van der Waals surface area contributed by atoms with Crippen LogP contribution in [0.2, 0.25) is 0 Å². The molecular formula is C17H29N3O. The topological polar surface area (TPSA) is 47.0 Å². The van der Waals surface area contributed by atoms with Crippen LogP contribution >= 0.6 is 0 Å². The first-order chi connectivity index (χ1) is 10.2. The summed E-state index contributed by atoms with van der Waals surface area (Å²) >= 11 is 0. The van der Waals surface area contributed by atoms with Crippen LogP contribution in [0.3, 0.4) is 0 Å². The number of nitrogens with zero attached hydrogens (tertiary/aromatic N) is 2. The Balaban J connectivity index is 2.04. The van der Waals surface area contributed by atoms with Crippen molar-refractivity contribution >= 4 is 5.82 Å². The summed E-state index contributed by atoms with van der Waals surface area (Å²) in [6.07, 6.45) is 8.24. The number of hydrogen-bond donors (Lipinski definition) is 1. The van der Waals surface area contributed by atoms with Gasteiger partial charge in [-0.3, -0.25) is 0 Å². The maximum absolute atomic E-state index is 5.75. The number of aromatic nitrogens is 2. The van der Waals surface area contributed by atoms with Crippen LogP contribution in [0.1, 0.15) is 65.1 Å². The average molecular weight is 291 g/mol. The molecule has 0 aromatic carbocycles. The molecule has 0 spiro atoms. The molecule has 0 bridgehead atoms. The van der Waals surface area contributed by atoms with Gasteiger partial charge in [-0.15, -0.1) is 0 Å². The smallest absolute Gasteiger partial charge is 0.218 e. The van der Waals surface area contributed by atoms with Crippen LogP contribution in [0.5, 0.6) is 5.88 Å². The van der Waals surface area contributed by atoms with Crippen molar-refractivity contribution in [1.82, 2.24) is 9.97 Å². The van der Waals surface area contributed by atoms with Gasteiger partial charge in [0.2, 0.25) is 5.88 Å². The van der Waals surface area contributed by atoms with Crippen LogP contribution in [-0.2, 0) is 6.42 Å². The number of hydrogen-bond acceptors (Lipinski definition) is 4. The molecule has 118 valence electrons. The molecule has 1 aromatic heterocycles. The van der Waals surface area contributed by atoms with Gasteiger partial charge >= 0.3 is 0 Å². The van der Waals surface area contributed by atoms with E-state index < -0.39 is 0 Å². The van der Waals surface area contributed by atoms with Gasteiger partial charge in [-0.25, -0.2) is 4.98 Å². The number of rotatable bonds is 7. The van der Waals surface area contributed by atoms with Crippen molar-refractivity contribution in [2.75, 3.05) is 11.9 Å². The third-order valence-electron chi connectivity index (χ3n) is 4.26. The Morgan fingerprint density at radius 2 is 2.05 bits per heavy atom. The highest BCUT2D eigenvalue weighted by atomic mass is 16.5. The van der Waals surface area contributed by atoms with Crippen LogP contribution in [0, 0.1) is 5.92 Å². The molecule has 4 heteroatoms. The second-order valence-electron chi connectivity index (χ2n) is 6.08. The van der Waals surface area contributed by atoms with Gasteiger partial charge in [0.25, 0.3) is 0 Å². The van der Waals surface area contributed by atoms with Crippen LogP contribution in [0.25, 0.3) is 0 Å². The van der Waals surface area contributed by atoms with Gasteiger partial charge in [0, 0.05) is 18.5 Å². The second kappa shape index (κ2) is 8.20. The fourth-order valence-electron chi connectivity index (χ4n) is 2.82. The van der Waals surface area contributed by atoms with Crippen LogP contribution in [-0.4, -0.2) is 22.6 Å². The van der Waals surface area contributed by atoms with E-state index in [9.17, 15) is 0 Å². The van der Waals surface area contributed by atoms with Crippen molar-refractivity contribution in [2.45, 2.75) is 71.8 Å². The molecule has 1 aliphatic rings. The Kier molecular flexibility index (Phi) is 6.27. The predicted octanol–water partition coefficient (Wildman–Crippen LogP) is 4.21. The molecule has 0 aliphatic heterocycles. The summed E-state index contributed by atoms with van der Waals surface area (Å²) in [6.45, 7) is 7.31. The molecule has 2 atom stereocenters. The van der Waals surface area contributed by atoms with E-state index in [1.807, 2.05) is 6.07 Å². The number of ether oxygens (including phenoxy) is 1. The van der Waals surface area contributed by atoms with E-state index in [1.54, 1.807) is 0 Å². The Bertz CT molecular complexity index is 436. The number of aryl methyl sites for hydroxylation is 1. The molecule has 2 rings (SSSR count). The number of anilines is 1. The van der Waals surface area contributed by atoms with E-state index in [-0.39, 0.29) is 0 Å². The fourth-order valence-corrected chi connectivity index (χ4v) is 2.82. The minimum Gasteiger partial charge on any atom is -0.478 e. The Hall–Kier alpha value is -1.32. The van der Waals surface area contributed by atoms with E-state index in [1.165, 1.54) is 25.7 Å². The van der Waals surface area contributed by atoms with E-state index in [0.717, 1.165) is 37.5 Å². The van der Waals surface area contributed by atoms with Crippen LogP contribution in [0.15, 0.2) is 6.07 Å². The lowest BCUT2D eigenvalue weighted by molar-refractivity contribution is 0.296. The van der Waals surface area contributed by atoms with E-state index in [0.29, 0.717) is 17.8 Å². The molecule has 21 heavy (non-hydrogen) atoms. The van der Waals surface area contributed by atoms with Gasteiger partial charge in [-0.05, 0) is 25.2 Å². The van der Waals surface area contributed by atoms with Gasteiger partial charge in [0.05, 0.1) is 6.61 Å². The standard InChI is InChI=1S/C17H29N3O/c1-4-6-11-21-17-12-16(19-15(5-2)20-17)18-14-10-8-7-9-13(14)3/h12-14H,4-11H2,1-3H3,(H,18,19,20). The first-order valence-electron chi connectivity index (χ1n) is 8.50. The molecule has 1 heterocycles. The Morgan fingerprint density at radius 3 is 2.76 bits per heavy atom. The molecular weight excluding hydrogens is 262 g/mol. The SMILES string of the molecule is CCCCOc1cc(NC2CCCCC2C)nc(CC)n1. The first-order valence-corrected chi connectivity index (χ1v) is 8.50. The van der Waals surface area contributed by atoms with Crippen LogP contribution in [0.4, 0.5) is 5.82 Å². The molecule has 4 nitrogen and oxygen atoms in total.